The van der Waals surface area contributed by atoms with Crippen LogP contribution in [0, 0.1) is 6.33 Å². The lowest BCUT2D eigenvalue weighted by molar-refractivity contribution is -0.599. The van der Waals surface area contributed by atoms with Crippen LogP contribution in [0.15, 0.2) is 116 Å². The number of fused-ring (bicyclic) bond motifs is 6. The molecule has 0 bridgehead atoms. The molecule has 8 rings (SSSR count). The highest BCUT2D eigenvalue weighted by Gasteiger charge is 2.36. The maximum Gasteiger partial charge on any atom is 0.271 e. The smallest absolute Gasteiger partial charge is 0.271 e. The zero-order chi connectivity index (χ0) is 30.9. The van der Waals surface area contributed by atoms with Gasteiger partial charge in [0.15, 0.2) is 0 Å². The van der Waals surface area contributed by atoms with Crippen molar-refractivity contribution in [3.8, 4) is 34.6 Å². The molecule has 7 aromatic rings. The van der Waals surface area contributed by atoms with E-state index >= 15 is 0 Å². The lowest BCUT2D eigenvalue weighted by Crippen LogP contribution is -2.52. The zero-order valence-electron chi connectivity index (χ0n) is 26.1. The summed E-state index contributed by atoms with van der Waals surface area (Å²) in [6, 6.07) is 35.6. The molecule has 3 aromatic heterocycles. The van der Waals surface area contributed by atoms with Gasteiger partial charge in [-0.1, -0.05) is 63.2 Å². The monoisotopic (exact) mass is 606 g/mol. The van der Waals surface area contributed by atoms with E-state index in [0.29, 0.717) is 0 Å². The Balaban J connectivity index is 1.22. The van der Waals surface area contributed by atoms with Gasteiger partial charge in [0, 0.05) is 23.0 Å². The zero-order valence-corrected chi connectivity index (χ0v) is 27.1. The van der Waals surface area contributed by atoms with E-state index in [1.807, 2.05) is 45.8 Å². The van der Waals surface area contributed by atoms with Gasteiger partial charge >= 0.3 is 0 Å². The van der Waals surface area contributed by atoms with Crippen molar-refractivity contribution in [2.75, 3.05) is 0 Å². The first-order chi connectivity index (χ1) is 21.7. The van der Waals surface area contributed by atoms with Crippen LogP contribution in [0.4, 0.5) is 0 Å². The van der Waals surface area contributed by atoms with Gasteiger partial charge in [0.1, 0.15) is 17.3 Å². The van der Waals surface area contributed by atoms with Crippen molar-refractivity contribution in [2.45, 2.75) is 39.3 Å². The molecule has 0 spiro atoms. The Morgan fingerprint density at radius 3 is 2.36 bits per heavy atom. The van der Waals surface area contributed by atoms with E-state index in [1.165, 1.54) is 16.1 Å². The minimum Gasteiger partial charge on any atom is -0.550 e. The van der Waals surface area contributed by atoms with E-state index in [2.05, 4.69) is 124 Å². The number of ether oxygens (including phenoxy) is 1. The average Bonchev–Trinajstić information content (AvgIpc) is 3.60. The molecule has 0 amide bonds. The van der Waals surface area contributed by atoms with Crippen LogP contribution in [0.2, 0.25) is 13.1 Å². The molecule has 0 radical (unpaired) electrons. The van der Waals surface area contributed by atoms with Crippen LogP contribution in [-0.2, 0) is 5.41 Å². The number of imidazole rings is 1. The van der Waals surface area contributed by atoms with Gasteiger partial charge in [-0.25, -0.2) is 4.98 Å². The van der Waals surface area contributed by atoms with E-state index in [9.17, 15) is 0 Å². The third-order valence-corrected chi connectivity index (χ3v) is 11.1. The molecule has 45 heavy (non-hydrogen) atoms. The number of para-hydroxylation sites is 2. The molecule has 0 saturated heterocycles. The number of nitrogens with zero attached hydrogens (tertiary/aromatic N) is 4. The van der Waals surface area contributed by atoms with Gasteiger partial charge in [0.25, 0.3) is 14.6 Å². The second-order valence-electron chi connectivity index (χ2n) is 13.2. The minimum absolute atomic E-state index is 0.0109. The first kappa shape index (κ1) is 27.4. The molecule has 0 N–H and O–H groups in total. The molecule has 6 nitrogen and oxygen atoms in total. The van der Waals surface area contributed by atoms with Crippen LogP contribution in [0.5, 0.6) is 17.4 Å². The second kappa shape index (κ2) is 9.94. The van der Waals surface area contributed by atoms with Crippen LogP contribution < -0.4 is 18.9 Å². The number of rotatable bonds is 4. The first-order valence-corrected chi connectivity index (χ1v) is 18.2. The van der Waals surface area contributed by atoms with Gasteiger partial charge in [-0.05, 0) is 83.9 Å². The summed E-state index contributed by atoms with van der Waals surface area (Å²) in [5, 5.41) is 3.55. The highest BCUT2D eigenvalue weighted by atomic mass is 28.4. The Morgan fingerprint density at radius 2 is 1.53 bits per heavy atom. The SMILES string of the molecule is CC(C)(C)c1ccnc(-n2c3ccccc3c3ccc(Oc4ccc5c(c4)-n4[c-][n+](-c6ccccc6)cc4O[Si]5(C)C)cc32)c1. The first-order valence-electron chi connectivity index (χ1n) is 15.3. The van der Waals surface area contributed by atoms with E-state index in [0.717, 1.165) is 51.0 Å². The van der Waals surface area contributed by atoms with Crippen LogP contribution in [0.1, 0.15) is 26.3 Å². The Kier molecular flexibility index (Phi) is 6.05. The van der Waals surface area contributed by atoms with Crippen LogP contribution in [0.3, 0.4) is 0 Å². The van der Waals surface area contributed by atoms with Gasteiger partial charge in [-0.3, -0.25) is 13.7 Å². The molecular formula is C38H34N4O2Si. The van der Waals surface area contributed by atoms with E-state index in [1.54, 1.807) is 0 Å². The highest BCUT2D eigenvalue weighted by molar-refractivity contribution is 6.86. The normalized spacial score (nSPS) is 13.8. The van der Waals surface area contributed by atoms with Crippen LogP contribution >= 0.6 is 0 Å². The van der Waals surface area contributed by atoms with Crippen molar-refractivity contribution >= 4 is 35.3 Å². The summed E-state index contributed by atoms with van der Waals surface area (Å²) in [5.41, 5.74) is 5.49. The predicted octanol–water partition coefficient (Wildman–Crippen LogP) is 7.94. The number of hydrogen-bond donors (Lipinski definition) is 0. The molecule has 0 atom stereocenters. The lowest BCUT2D eigenvalue weighted by Gasteiger charge is -2.32. The number of hydrogen-bond acceptors (Lipinski definition) is 3. The molecule has 1 aliphatic heterocycles. The van der Waals surface area contributed by atoms with Gasteiger partial charge in [-0.15, -0.1) is 0 Å². The third-order valence-electron chi connectivity index (χ3n) is 8.64. The summed E-state index contributed by atoms with van der Waals surface area (Å²) in [4.78, 5) is 4.82. The van der Waals surface area contributed by atoms with E-state index in [4.69, 9.17) is 14.1 Å². The van der Waals surface area contributed by atoms with Crippen molar-refractivity contribution in [1.29, 1.82) is 0 Å². The Bertz CT molecular complexity index is 2240. The van der Waals surface area contributed by atoms with Gasteiger partial charge < -0.3 is 9.16 Å². The van der Waals surface area contributed by atoms with Gasteiger partial charge in [-0.2, -0.15) is 0 Å². The fraction of sp³-hybridized carbons (Fsp3) is 0.158. The van der Waals surface area contributed by atoms with Crippen LogP contribution in [0.25, 0.3) is 39.0 Å². The fourth-order valence-electron chi connectivity index (χ4n) is 6.31. The van der Waals surface area contributed by atoms with Gasteiger partial charge in [0.05, 0.1) is 28.6 Å². The lowest BCUT2D eigenvalue weighted by atomic mass is 9.88. The number of aromatic nitrogens is 4. The maximum absolute atomic E-state index is 6.60. The van der Waals surface area contributed by atoms with E-state index < -0.39 is 8.32 Å². The molecule has 0 fully saturated rings. The molecule has 4 heterocycles. The van der Waals surface area contributed by atoms with E-state index in [-0.39, 0.29) is 5.41 Å². The molecule has 0 aliphatic carbocycles. The molecule has 1 aliphatic rings. The topological polar surface area (TPSA) is 45.1 Å². The fourth-order valence-corrected chi connectivity index (χ4v) is 8.37. The molecule has 4 aromatic carbocycles. The van der Waals surface area contributed by atoms with Gasteiger partial charge in [0.2, 0.25) is 5.88 Å². The average molecular weight is 607 g/mol. The number of benzene rings is 4. The molecule has 0 unspecified atom stereocenters. The second-order valence-corrected chi connectivity index (χ2v) is 16.9. The Labute approximate surface area is 263 Å². The molecular weight excluding hydrogens is 573 g/mol. The maximum atomic E-state index is 6.60. The van der Waals surface area contributed by atoms with Crippen molar-refractivity contribution in [2.24, 2.45) is 0 Å². The van der Waals surface area contributed by atoms with Crippen molar-refractivity contribution in [3.05, 3.63) is 127 Å². The summed E-state index contributed by atoms with van der Waals surface area (Å²) in [6.07, 6.45) is 7.40. The largest absolute Gasteiger partial charge is 0.550 e. The standard InChI is InChI=1S/C38H34N4O2Si/c1-38(2,3)26-19-20-39-36(21-26)42-32-14-10-9-13-30(32)31-17-15-28(22-33(31)42)43-29-16-18-35-34(23-29)41-25-40(27-11-7-6-8-12-27)24-37(41)44-45(35,4)5/h6-24H,1-5H3. The predicted molar refractivity (Wildman–Crippen MR) is 181 cm³/mol. The molecule has 222 valence electrons. The van der Waals surface area contributed by atoms with Crippen molar-refractivity contribution < 1.29 is 13.7 Å². The third kappa shape index (κ3) is 4.62. The quantitative estimate of drug-likeness (QED) is 0.116. The summed E-state index contributed by atoms with van der Waals surface area (Å²) < 4.78 is 19.4. The highest BCUT2D eigenvalue weighted by Crippen LogP contribution is 2.36. The molecule has 7 heteroatoms. The number of pyridine rings is 1. The van der Waals surface area contributed by atoms with Crippen molar-refractivity contribution in [1.82, 2.24) is 14.1 Å². The summed E-state index contributed by atoms with van der Waals surface area (Å²) in [7, 11) is -2.20. The minimum atomic E-state index is -2.20. The Morgan fingerprint density at radius 1 is 0.800 bits per heavy atom. The van der Waals surface area contributed by atoms with Crippen molar-refractivity contribution in [3.63, 3.8) is 0 Å². The summed E-state index contributed by atoms with van der Waals surface area (Å²) in [5.74, 6) is 3.21. The Hall–Kier alpha value is -5.14. The summed E-state index contributed by atoms with van der Waals surface area (Å²) in [6.45, 7) is 11.1. The van der Waals surface area contributed by atoms with Crippen LogP contribution in [-0.4, -0.2) is 22.4 Å². The molecule has 0 saturated carbocycles. The summed E-state index contributed by atoms with van der Waals surface area (Å²) >= 11 is 0.